The molecule has 3 aromatic carbocycles. The zero-order valence-electron chi connectivity index (χ0n) is 17.2. The van der Waals surface area contributed by atoms with Gasteiger partial charge < -0.3 is 0 Å². The summed E-state index contributed by atoms with van der Waals surface area (Å²) in [5.41, 5.74) is -2.67. The van der Waals surface area contributed by atoms with Gasteiger partial charge in [0.25, 0.3) is 0 Å². The average Bonchev–Trinajstić information content (AvgIpc) is 2.76. The van der Waals surface area contributed by atoms with Crippen molar-refractivity contribution in [2.24, 2.45) is 0 Å². The molecule has 3 aromatic rings. The van der Waals surface area contributed by atoms with E-state index in [9.17, 15) is 39.5 Å². The summed E-state index contributed by atoms with van der Waals surface area (Å²) >= 11 is 1.40. The minimum atomic E-state index is -4.58. The van der Waals surface area contributed by atoms with Crippen molar-refractivity contribution < 1.29 is 39.5 Å². The van der Waals surface area contributed by atoms with Crippen LogP contribution in [0.4, 0.5) is 39.5 Å². The molecule has 0 atom stereocenters. The standard InChI is InChI=1S/C23H17F9SiTe/c24-21(25,26)15-1-7-18(8-2-15)33(13-14-34,19-9-3-16(4-10-19)22(27,28)29)20-11-5-17(6-12-20)23(30,31)32/h1-12,34H,13-14H2. The second-order valence-electron chi connectivity index (χ2n) is 7.60. The first-order chi connectivity index (χ1) is 15.7. The van der Waals surface area contributed by atoms with Gasteiger partial charge >= 0.3 is 204 Å². The Morgan fingerprint density at radius 1 is 0.471 bits per heavy atom. The molecule has 0 aliphatic rings. The average molecular weight is 620 g/mol. The summed E-state index contributed by atoms with van der Waals surface area (Å²) in [7, 11) is -3.26. The van der Waals surface area contributed by atoms with Crippen LogP contribution in [0.5, 0.6) is 0 Å². The van der Waals surface area contributed by atoms with E-state index in [1.165, 1.54) is 58.7 Å². The summed E-state index contributed by atoms with van der Waals surface area (Å²) in [6.07, 6.45) is -13.8. The van der Waals surface area contributed by atoms with Crippen LogP contribution < -0.4 is 15.6 Å². The van der Waals surface area contributed by atoms with Gasteiger partial charge in [-0.25, -0.2) is 0 Å². The molecule has 0 N–H and O–H groups in total. The Kier molecular flexibility index (Phi) is 7.51. The van der Waals surface area contributed by atoms with Crippen molar-refractivity contribution in [3.63, 3.8) is 0 Å². The molecule has 0 aliphatic carbocycles. The monoisotopic (exact) mass is 622 g/mol. The molecular formula is C23H17F9SiTe. The van der Waals surface area contributed by atoms with Gasteiger partial charge in [0.15, 0.2) is 0 Å². The molecule has 0 saturated carbocycles. The van der Waals surface area contributed by atoms with E-state index in [1.54, 1.807) is 0 Å². The molecule has 0 fully saturated rings. The number of hydrogen-bond donors (Lipinski definition) is 0. The number of alkyl halides is 9. The minimum absolute atomic E-state index is 0.392. The fourth-order valence-corrected chi connectivity index (χ4v) is 11.2. The Bertz CT molecular complexity index is 959. The van der Waals surface area contributed by atoms with Gasteiger partial charge in [-0.1, -0.05) is 0 Å². The third kappa shape index (κ3) is 5.47. The van der Waals surface area contributed by atoms with Gasteiger partial charge in [0.2, 0.25) is 0 Å². The summed E-state index contributed by atoms with van der Waals surface area (Å²) < 4.78 is 119. The molecule has 0 spiro atoms. The second-order valence-corrected chi connectivity index (χ2v) is 12.9. The van der Waals surface area contributed by atoms with E-state index < -0.39 is 43.3 Å². The Labute approximate surface area is 203 Å². The van der Waals surface area contributed by atoms with Crippen LogP contribution in [0.2, 0.25) is 10.5 Å². The zero-order chi connectivity index (χ0) is 25.4. The summed E-state index contributed by atoms with van der Waals surface area (Å²) in [4.78, 5) is 0. The molecule has 182 valence electrons. The molecule has 3 rings (SSSR count). The predicted molar refractivity (Wildman–Crippen MR) is 116 cm³/mol. The van der Waals surface area contributed by atoms with Crippen molar-refractivity contribution >= 4 is 45.9 Å². The Morgan fingerprint density at radius 2 is 0.706 bits per heavy atom. The van der Waals surface area contributed by atoms with E-state index >= 15 is 0 Å². The van der Waals surface area contributed by atoms with Gasteiger partial charge in [-0.2, -0.15) is 0 Å². The van der Waals surface area contributed by atoms with Crippen molar-refractivity contribution in [3.8, 4) is 0 Å². The number of halogens is 9. The Balaban J connectivity index is 2.26. The molecule has 0 heterocycles. The summed E-state index contributed by atoms with van der Waals surface area (Å²) in [5, 5.41) is 1.40. The molecule has 0 unspecified atom stereocenters. The van der Waals surface area contributed by atoms with E-state index in [0.29, 0.717) is 26.1 Å². The summed E-state index contributed by atoms with van der Waals surface area (Å²) in [6, 6.07) is 13.5. The molecule has 0 nitrogen and oxygen atoms in total. The Hall–Kier alpha value is -1.96. The zero-order valence-corrected chi connectivity index (χ0v) is 20.7. The number of benzene rings is 3. The van der Waals surface area contributed by atoms with Crippen LogP contribution in [0.15, 0.2) is 72.8 Å². The molecule has 0 aromatic heterocycles. The molecule has 34 heavy (non-hydrogen) atoms. The van der Waals surface area contributed by atoms with Crippen LogP contribution >= 0.6 is 0 Å². The predicted octanol–water partition coefficient (Wildman–Crippen LogP) is 5.53. The summed E-state index contributed by atoms with van der Waals surface area (Å²) in [6.45, 7) is 0. The van der Waals surface area contributed by atoms with Gasteiger partial charge in [-0.15, -0.1) is 0 Å². The molecule has 0 aliphatic heterocycles. The van der Waals surface area contributed by atoms with Crippen LogP contribution in [0.25, 0.3) is 0 Å². The second kappa shape index (κ2) is 9.59. The van der Waals surface area contributed by atoms with Gasteiger partial charge in [-0.3, -0.25) is 0 Å². The molecule has 0 radical (unpaired) electrons. The maximum atomic E-state index is 13.1. The van der Waals surface area contributed by atoms with E-state index in [-0.39, 0.29) is 0 Å². The first-order valence-corrected chi connectivity index (χ1v) is 13.8. The van der Waals surface area contributed by atoms with Crippen molar-refractivity contribution in [3.05, 3.63) is 89.5 Å². The van der Waals surface area contributed by atoms with Gasteiger partial charge in [0.05, 0.1) is 0 Å². The van der Waals surface area contributed by atoms with Gasteiger partial charge in [0.1, 0.15) is 0 Å². The molecule has 0 amide bonds. The van der Waals surface area contributed by atoms with Crippen molar-refractivity contribution in [2.75, 3.05) is 0 Å². The van der Waals surface area contributed by atoms with Crippen LogP contribution in [0.1, 0.15) is 16.7 Å². The molecule has 0 saturated heterocycles. The normalized spacial score (nSPS) is 13.2. The molecule has 11 heteroatoms. The first-order valence-electron chi connectivity index (χ1n) is 9.83. The van der Waals surface area contributed by atoms with Crippen molar-refractivity contribution in [2.45, 2.75) is 29.0 Å². The van der Waals surface area contributed by atoms with Crippen molar-refractivity contribution in [1.29, 1.82) is 0 Å². The van der Waals surface area contributed by atoms with E-state index in [1.807, 2.05) is 0 Å². The SMILES string of the molecule is FC(F)(F)c1ccc([Si](CC[TeH])(c2ccc(C(F)(F)F)cc2)c2ccc(C(F)(F)F)cc2)cc1. The van der Waals surface area contributed by atoms with Crippen molar-refractivity contribution in [1.82, 2.24) is 0 Å². The fourth-order valence-electron chi connectivity index (χ4n) is 3.93. The topological polar surface area (TPSA) is 0 Å². The third-order valence-electron chi connectivity index (χ3n) is 5.60. The number of hydrogen-bond acceptors (Lipinski definition) is 0. The summed E-state index contributed by atoms with van der Waals surface area (Å²) in [5.74, 6) is 0. The fraction of sp³-hybridized carbons (Fsp3) is 0.217. The van der Waals surface area contributed by atoms with Gasteiger partial charge in [0, 0.05) is 0 Å². The van der Waals surface area contributed by atoms with Gasteiger partial charge in [-0.05, 0) is 0 Å². The quantitative estimate of drug-likeness (QED) is 0.200. The number of rotatable bonds is 5. The van der Waals surface area contributed by atoms with Crippen LogP contribution in [-0.4, -0.2) is 30.4 Å². The van der Waals surface area contributed by atoms with E-state index in [4.69, 9.17) is 0 Å². The van der Waals surface area contributed by atoms with Crippen LogP contribution in [0.3, 0.4) is 0 Å². The molecular weight excluding hydrogens is 603 g/mol. The van der Waals surface area contributed by atoms with E-state index in [2.05, 4.69) is 0 Å². The Morgan fingerprint density at radius 3 is 0.882 bits per heavy atom. The van der Waals surface area contributed by atoms with Crippen LogP contribution in [-0.2, 0) is 18.5 Å². The first kappa shape index (κ1) is 26.6. The third-order valence-corrected chi connectivity index (χ3v) is 12.4. The van der Waals surface area contributed by atoms with Crippen LogP contribution in [0, 0.1) is 0 Å². The maximum absolute atomic E-state index is 13.1. The van der Waals surface area contributed by atoms with E-state index in [0.717, 1.165) is 36.4 Å². The molecule has 0 bridgehead atoms.